The van der Waals surface area contributed by atoms with E-state index in [0.717, 1.165) is 11.1 Å². The molecule has 19 heavy (non-hydrogen) atoms. The molecule has 3 nitrogen and oxygen atoms in total. The van der Waals surface area contributed by atoms with Crippen molar-refractivity contribution in [1.82, 2.24) is 5.32 Å². The largest absolute Gasteiger partial charge is 0.748 e. The van der Waals surface area contributed by atoms with E-state index in [2.05, 4.69) is 11.9 Å². The number of hydrogen-bond donors (Lipinski definition) is 3. The third kappa shape index (κ3) is 8.54. The summed E-state index contributed by atoms with van der Waals surface area (Å²) in [7, 11) is 0. The summed E-state index contributed by atoms with van der Waals surface area (Å²) in [6.07, 6.45) is -1.30. The van der Waals surface area contributed by atoms with Gasteiger partial charge in [-0.05, 0) is 0 Å². The zero-order chi connectivity index (χ0) is 13.2. The van der Waals surface area contributed by atoms with Crippen molar-refractivity contribution in [3.05, 3.63) is 66.7 Å². The molecular formula is C15H19FeNO2-6. The van der Waals surface area contributed by atoms with Crippen LogP contribution in [0.25, 0.3) is 5.57 Å². The Morgan fingerprint density at radius 1 is 1.11 bits per heavy atom. The van der Waals surface area contributed by atoms with Crippen molar-refractivity contribution in [1.29, 1.82) is 0 Å². The van der Waals surface area contributed by atoms with Gasteiger partial charge in [0.15, 0.2) is 6.29 Å². The summed E-state index contributed by atoms with van der Waals surface area (Å²) < 4.78 is 0. The molecule has 110 valence electrons. The molecule has 0 aliphatic heterocycles. The van der Waals surface area contributed by atoms with Crippen molar-refractivity contribution in [2.75, 3.05) is 13.1 Å². The van der Waals surface area contributed by atoms with Crippen LogP contribution in [0, 0.1) is 0 Å². The molecule has 0 atom stereocenters. The molecule has 0 fully saturated rings. The third-order valence-corrected chi connectivity index (χ3v) is 2.29. The van der Waals surface area contributed by atoms with Crippen LogP contribution < -0.4 is 5.32 Å². The average Bonchev–Trinajstić information content (AvgIpc) is 3.05. The second-order valence-electron chi connectivity index (χ2n) is 3.85. The fourth-order valence-electron chi connectivity index (χ4n) is 1.38. The van der Waals surface area contributed by atoms with Crippen molar-refractivity contribution in [2.45, 2.75) is 6.29 Å². The Morgan fingerprint density at radius 3 is 2.00 bits per heavy atom. The second kappa shape index (κ2) is 10.7. The Bertz CT molecular complexity index is 390. The first-order valence-electron chi connectivity index (χ1n) is 5.83. The molecule has 0 amide bonds. The van der Waals surface area contributed by atoms with Crippen molar-refractivity contribution in [3.63, 3.8) is 0 Å². The molecule has 2 rings (SSSR count). The number of rotatable bonds is 5. The molecule has 4 heteroatoms. The summed E-state index contributed by atoms with van der Waals surface area (Å²) in [5.41, 5.74) is 2.03. The topological polar surface area (TPSA) is 52.5 Å². The monoisotopic (exact) mass is 301 g/mol. The van der Waals surface area contributed by atoms with Crippen molar-refractivity contribution >= 4 is 5.57 Å². The van der Waals surface area contributed by atoms with Gasteiger partial charge in [0, 0.05) is 30.2 Å². The minimum Gasteiger partial charge on any atom is -0.748 e. The Balaban J connectivity index is 0.000000454. The van der Waals surface area contributed by atoms with E-state index < -0.39 is 6.29 Å². The van der Waals surface area contributed by atoms with Crippen LogP contribution in [0.2, 0.25) is 0 Å². The average molecular weight is 301 g/mol. The minimum atomic E-state index is -1.30. The van der Waals surface area contributed by atoms with Crippen LogP contribution in [-0.2, 0) is 17.1 Å². The molecule has 3 N–H and O–H groups in total. The summed E-state index contributed by atoms with van der Waals surface area (Å²) in [5.74, 6) is 0. The van der Waals surface area contributed by atoms with Gasteiger partial charge in [-0.15, -0.1) is 23.3 Å². The molecular weight excluding hydrogens is 282 g/mol. The van der Waals surface area contributed by atoms with E-state index in [0.29, 0.717) is 6.54 Å². The molecule has 0 bridgehead atoms. The van der Waals surface area contributed by atoms with Gasteiger partial charge >= 0.3 is 0 Å². The predicted octanol–water partition coefficient (Wildman–Crippen LogP) is 1.72. The first-order valence-corrected chi connectivity index (χ1v) is 5.83. The summed E-state index contributed by atoms with van der Waals surface area (Å²) >= 11 is 0. The molecule has 2 aromatic rings. The van der Waals surface area contributed by atoms with Gasteiger partial charge in [-0.25, -0.2) is 0 Å². The maximum atomic E-state index is 8.56. The SMILES string of the molecule is C=C(CNCC(O)O)[c-]1cccc1.[Fe].[cH-]1[cH-][cH-][cH-][cH-]1. The summed E-state index contributed by atoms with van der Waals surface area (Å²) in [5, 5.41) is 20.0. The van der Waals surface area contributed by atoms with Gasteiger partial charge in [-0.2, -0.15) is 18.7 Å². The van der Waals surface area contributed by atoms with Crippen LogP contribution in [0.1, 0.15) is 5.56 Å². The molecule has 0 saturated heterocycles. The van der Waals surface area contributed by atoms with E-state index in [1.54, 1.807) is 0 Å². The van der Waals surface area contributed by atoms with Crippen LogP contribution in [0.15, 0.2) is 61.2 Å². The van der Waals surface area contributed by atoms with E-state index in [4.69, 9.17) is 10.2 Å². The number of hydrogen-bond acceptors (Lipinski definition) is 3. The fourth-order valence-corrected chi connectivity index (χ4v) is 1.38. The number of nitrogens with one attached hydrogen (secondary N) is 1. The Labute approximate surface area is 124 Å². The first-order chi connectivity index (χ1) is 8.70. The predicted molar refractivity (Wildman–Crippen MR) is 74.2 cm³/mol. The second-order valence-corrected chi connectivity index (χ2v) is 3.85. The molecule has 2 aromatic carbocycles. The third-order valence-electron chi connectivity index (χ3n) is 2.29. The maximum Gasteiger partial charge on any atom is 0.164 e. The quantitative estimate of drug-likeness (QED) is 0.448. The summed E-state index contributed by atoms with van der Waals surface area (Å²) in [4.78, 5) is 0. The molecule has 0 aliphatic rings. The van der Waals surface area contributed by atoms with Crippen molar-refractivity contribution in [3.8, 4) is 0 Å². The maximum absolute atomic E-state index is 8.56. The standard InChI is InChI=1S/C10H14NO2.C5H5.Fe/c1-8(6-11-7-10(12)13)9-4-2-3-5-9;1-2-4-5-3-1;/h2-5,10-13H,1,6-7H2;1-5H;/q-1;-5;. The first kappa shape index (κ1) is 17.8. The van der Waals surface area contributed by atoms with E-state index in [9.17, 15) is 0 Å². The van der Waals surface area contributed by atoms with Gasteiger partial charge in [0.05, 0.1) is 0 Å². The smallest absolute Gasteiger partial charge is 0.164 e. The summed E-state index contributed by atoms with van der Waals surface area (Å²) in [6, 6.07) is 17.8. The normalized spacial score (nSPS) is 9.42. The van der Waals surface area contributed by atoms with Crippen LogP contribution in [0.5, 0.6) is 0 Å². The van der Waals surface area contributed by atoms with Gasteiger partial charge in [0.1, 0.15) is 0 Å². The van der Waals surface area contributed by atoms with Gasteiger partial charge < -0.3 is 45.9 Å². The molecule has 0 aliphatic carbocycles. The van der Waals surface area contributed by atoms with E-state index in [-0.39, 0.29) is 23.6 Å². The van der Waals surface area contributed by atoms with Gasteiger partial charge in [-0.3, -0.25) is 0 Å². The Morgan fingerprint density at radius 2 is 1.58 bits per heavy atom. The Hall–Kier alpha value is -1.16. The molecule has 0 saturated carbocycles. The van der Waals surface area contributed by atoms with E-state index in [1.807, 2.05) is 54.6 Å². The van der Waals surface area contributed by atoms with E-state index in [1.165, 1.54) is 0 Å². The van der Waals surface area contributed by atoms with Crippen molar-refractivity contribution < 1.29 is 27.3 Å². The fraction of sp³-hybridized carbons (Fsp3) is 0.200. The van der Waals surface area contributed by atoms with E-state index >= 15 is 0 Å². The van der Waals surface area contributed by atoms with Crippen LogP contribution in [0.4, 0.5) is 0 Å². The number of aliphatic hydroxyl groups is 2. The molecule has 0 heterocycles. The Kier molecular flexibility index (Phi) is 10.1. The van der Waals surface area contributed by atoms with Gasteiger partial charge in [0.25, 0.3) is 0 Å². The zero-order valence-corrected chi connectivity index (χ0v) is 11.7. The number of aliphatic hydroxyl groups excluding tert-OH is 1. The molecule has 0 unspecified atom stereocenters. The molecule has 0 radical (unpaired) electrons. The van der Waals surface area contributed by atoms with Gasteiger partial charge in [0.2, 0.25) is 0 Å². The zero-order valence-electron chi connectivity index (χ0n) is 10.6. The summed E-state index contributed by atoms with van der Waals surface area (Å²) in [6.45, 7) is 4.61. The van der Waals surface area contributed by atoms with Crippen LogP contribution >= 0.6 is 0 Å². The van der Waals surface area contributed by atoms with Crippen LogP contribution in [0.3, 0.4) is 0 Å². The van der Waals surface area contributed by atoms with Crippen LogP contribution in [-0.4, -0.2) is 29.6 Å². The minimum absolute atomic E-state index is 0. The van der Waals surface area contributed by atoms with Crippen molar-refractivity contribution in [2.24, 2.45) is 0 Å². The molecule has 0 aromatic heterocycles. The molecule has 0 spiro atoms. The van der Waals surface area contributed by atoms with Gasteiger partial charge in [-0.1, -0.05) is 0 Å².